The highest BCUT2D eigenvalue weighted by molar-refractivity contribution is 5.73. The van der Waals surface area contributed by atoms with Crippen LogP contribution >= 0.6 is 0 Å². The number of aliphatic hydroxyl groups excluding tert-OH is 3. The van der Waals surface area contributed by atoms with E-state index in [4.69, 9.17) is 18.9 Å². The molecular weight excluding hydrogens is 540 g/mol. The van der Waals surface area contributed by atoms with Crippen LogP contribution in [-0.4, -0.2) is 81.7 Å². The molecule has 9 nitrogen and oxygen atoms in total. The van der Waals surface area contributed by atoms with Crippen molar-refractivity contribution in [3.63, 3.8) is 0 Å². The Bertz CT molecular complexity index is 1040. The molecule has 9 heteroatoms. The van der Waals surface area contributed by atoms with Gasteiger partial charge < -0.3 is 39.4 Å². The predicted octanol–water partition coefficient (Wildman–Crippen LogP) is 3.71. The molecule has 3 heterocycles. The SMILES string of the molecule is C[C@H]1CC[C@@]2(OC1)O[C@H]1C[C@H]3[C@@H]4CC[C@@H]5C[C@@H](O[C@@H]6O[C@H](C(=O)O)[C@@H](O)[C@H](O)[C@H]6O)CC[C@]5(C)[C@H]4CC[C@]3(C)[C@H]1[C@@H]2C. The van der Waals surface area contributed by atoms with E-state index in [1.807, 2.05) is 0 Å². The predicted molar refractivity (Wildman–Crippen MR) is 151 cm³/mol. The van der Waals surface area contributed by atoms with Crippen LogP contribution in [0.15, 0.2) is 0 Å². The van der Waals surface area contributed by atoms with Crippen LogP contribution in [0.5, 0.6) is 0 Å². The summed E-state index contributed by atoms with van der Waals surface area (Å²) in [7, 11) is 0. The third-order valence-electron chi connectivity index (χ3n) is 14.0. The van der Waals surface area contributed by atoms with E-state index in [0.717, 1.165) is 45.1 Å². The zero-order chi connectivity index (χ0) is 29.8. The molecule has 0 aromatic heterocycles. The number of carboxylic acid groups (broad SMARTS) is 1. The molecule has 7 aliphatic rings. The van der Waals surface area contributed by atoms with Crippen LogP contribution in [0.4, 0.5) is 0 Å². The minimum absolute atomic E-state index is 0.181. The largest absolute Gasteiger partial charge is 0.479 e. The Labute approximate surface area is 249 Å². The zero-order valence-corrected chi connectivity index (χ0v) is 25.7. The van der Waals surface area contributed by atoms with Crippen molar-refractivity contribution < 1.29 is 44.2 Å². The van der Waals surface area contributed by atoms with Crippen molar-refractivity contribution in [3.05, 3.63) is 0 Å². The summed E-state index contributed by atoms with van der Waals surface area (Å²) in [5, 5.41) is 40.2. The highest BCUT2D eigenvalue weighted by atomic mass is 16.7. The van der Waals surface area contributed by atoms with E-state index in [1.54, 1.807) is 0 Å². The standard InChI is InChI=1S/C33H52O9/c1-16-7-12-33(39-15-16)17(2)24-23(42-33)14-22-20-6-5-18-13-19(8-10-31(18,3)21(20)9-11-32(22,24)4)40-30-27(36)25(34)26(35)28(41-30)29(37)38/h16-28,30,34-36H,5-15H2,1-4H3,(H,37,38)/t16-,17-,18+,19-,20+,21-,22-,23-,24-,25-,26-,27+,28-,30+,31-,32-,33+/m0/s1. The summed E-state index contributed by atoms with van der Waals surface area (Å²) in [6.45, 7) is 10.6. The average molecular weight is 593 g/mol. The lowest BCUT2D eigenvalue weighted by Gasteiger charge is -2.61. The van der Waals surface area contributed by atoms with E-state index in [2.05, 4.69) is 27.7 Å². The minimum Gasteiger partial charge on any atom is -0.479 e. The van der Waals surface area contributed by atoms with Crippen molar-refractivity contribution in [2.75, 3.05) is 6.61 Å². The minimum atomic E-state index is -1.70. The number of carboxylic acids is 1. The number of rotatable bonds is 3. The van der Waals surface area contributed by atoms with Gasteiger partial charge in [-0.15, -0.1) is 0 Å². The molecule has 3 aliphatic heterocycles. The quantitative estimate of drug-likeness (QED) is 0.362. The van der Waals surface area contributed by atoms with Gasteiger partial charge in [-0.05, 0) is 104 Å². The van der Waals surface area contributed by atoms with E-state index < -0.39 is 36.7 Å². The van der Waals surface area contributed by atoms with E-state index in [0.29, 0.717) is 52.9 Å². The maximum absolute atomic E-state index is 11.5. The Morgan fingerprint density at radius 2 is 1.62 bits per heavy atom. The number of aliphatic carboxylic acids is 1. The summed E-state index contributed by atoms with van der Waals surface area (Å²) in [5.41, 5.74) is 0.523. The maximum Gasteiger partial charge on any atom is 0.335 e. The lowest BCUT2D eigenvalue weighted by atomic mass is 9.44. The molecule has 7 fully saturated rings. The molecule has 42 heavy (non-hydrogen) atoms. The first-order valence-electron chi connectivity index (χ1n) is 16.8. The molecule has 4 N–H and O–H groups in total. The molecule has 4 aliphatic carbocycles. The van der Waals surface area contributed by atoms with E-state index >= 15 is 0 Å². The van der Waals surface area contributed by atoms with Gasteiger partial charge in [0.15, 0.2) is 18.2 Å². The van der Waals surface area contributed by atoms with Crippen LogP contribution in [0.3, 0.4) is 0 Å². The van der Waals surface area contributed by atoms with Gasteiger partial charge in [0, 0.05) is 12.3 Å². The topological polar surface area (TPSA) is 135 Å². The Morgan fingerprint density at radius 1 is 0.857 bits per heavy atom. The van der Waals surface area contributed by atoms with E-state index in [9.17, 15) is 25.2 Å². The highest BCUT2D eigenvalue weighted by Crippen LogP contribution is 2.71. The summed E-state index contributed by atoms with van der Waals surface area (Å²) in [5.74, 6) is 2.42. The molecule has 3 saturated heterocycles. The summed E-state index contributed by atoms with van der Waals surface area (Å²) in [6.07, 6.45) is 3.32. The lowest BCUT2D eigenvalue weighted by Crippen LogP contribution is -2.61. The highest BCUT2D eigenvalue weighted by Gasteiger charge is 2.69. The van der Waals surface area contributed by atoms with Gasteiger partial charge in [0.2, 0.25) is 0 Å². The van der Waals surface area contributed by atoms with Crippen LogP contribution in [-0.2, 0) is 23.7 Å². The summed E-state index contributed by atoms with van der Waals surface area (Å²) in [6, 6.07) is 0. The summed E-state index contributed by atoms with van der Waals surface area (Å²) >= 11 is 0. The fourth-order valence-corrected chi connectivity index (χ4v) is 11.7. The van der Waals surface area contributed by atoms with Crippen molar-refractivity contribution in [1.29, 1.82) is 0 Å². The third-order valence-corrected chi connectivity index (χ3v) is 14.0. The van der Waals surface area contributed by atoms with Crippen LogP contribution in [0, 0.1) is 52.3 Å². The van der Waals surface area contributed by atoms with Crippen molar-refractivity contribution in [3.8, 4) is 0 Å². The molecule has 0 amide bonds. The zero-order valence-electron chi connectivity index (χ0n) is 25.7. The smallest absolute Gasteiger partial charge is 0.335 e. The molecule has 1 spiro atoms. The molecule has 17 atom stereocenters. The number of ether oxygens (including phenoxy) is 4. The molecule has 0 bridgehead atoms. The van der Waals surface area contributed by atoms with Gasteiger partial charge in [0.1, 0.15) is 18.3 Å². The number of hydrogen-bond acceptors (Lipinski definition) is 8. The number of hydrogen-bond donors (Lipinski definition) is 4. The van der Waals surface area contributed by atoms with Gasteiger partial charge in [-0.25, -0.2) is 4.79 Å². The van der Waals surface area contributed by atoms with Crippen LogP contribution in [0.2, 0.25) is 0 Å². The van der Waals surface area contributed by atoms with Crippen molar-refractivity contribution in [2.45, 2.75) is 141 Å². The van der Waals surface area contributed by atoms with E-state index in [1.165, 1.54) is 25.7 Å². The number of carbonyl (C=O) groups is 1. The van der Waals surface area contributed by atoms with Crippen molar-refractivity contribution in [2.24, 2.45) is 52.3 Å². The lowest BCUT2D eigenvalue weighted by molar-refractivity contribution is -0.309. The summed E-state index contributed by atoms with van der Waals surface area (Å²) in [4.78, 5) is 11.5. The van der Waals surface area contributed by atoms with Gasteiger partial charge in [0.05, 0.1) is 18.8 Å². The summed E-state index contributed by atoms with van der Waals surface area (Å²) < 4.78 is 25.0. The van der Waals surface area contributed by atoms with Crippen molar-refractivity contribution in [1.82, 2.24) is 0 Å². The first-order valence-corrected chi connectivity index (χ1v) is 16.8. The maximum atomic E-state index is 11.5. The molecule has 0 radical (unpaired) electrons. The average Bonchev–Trinajstić information content (AvgIpc) is 3.40. The molecule has 0 unspecified atom stereocenters. The van der Waals surface area contributed by atoms with Crippen LogP contribution < -0.4 is 0 Å². The van der Waals surface area contributed by atoms with E-state index in [-0.39, 0.29) is 17.3 Å². The van der Waals surface area contributed by atoms with Crippen LogP contribution in [0.25, 0.3) is 0 Å². The monoisotopic (exact) mass is 592 g/mol. The molecule has 0 aromatic rings. The Kier molecular flexibility index (Phi) is 7.37. The molecular formula is C33H52O9. The first-order chi connectivity index (χ1) is 19.9. The molecule has 238 valence electrons. The molecule has 4 saturated carbocycles. The second-order valence-electron chi connectivity index (χ2n) is 15.9. The second kappa shape index (κ2) is 10.4. The van der Waals surface area contributed by atoms with Crippen molar-refractivity contribution >= 4 is 5.97 Å². The fourth-order valence-electron chi connectivity index (χ4n) is 11.7. The molecule has 0 aromatic carbocycles. The van der Waals surface area contributed by atoms with Crippen LogP contribution in [0.1, 0.15) is 91.9 Å². The fraction of sp³-hybridized carbons (Fsp3) is 0.970. The normalized spacial score (nSPS) is 59.0. The Hall–Kier alpha value is -0.810. The first kappa shape index (κ1) is 29.9. The van der Waals surface area contributed by atoms with Gasteiger partial charge in [-0.1, -0.05) is 27.7 Å². The second-order valence-corrected chi connectivity index (χ2v) is 15.9. The van der Waals surface area contributed by atoms with Gasteiger partial charge >= 0.3 is 5.97 Å². The van der Waals surface area contributed by atoms with Gasteiger partial charge in [-0.2, -0.15) is 0 Å². The number of fused-ring (bicyclic) bond motifs is 7. The Morgan fingerprint density at radius 3 is 2.33 bits per heavy atom. The molecule has 7 rings (SSSR count). The van der Waals surface area contributed by atoms with Gasteiger partial charge in [-0.3, -0.25) is 0 Å². The third kappa shape index (κ3) is 4.31. The number of aliphatic hydroxyl groups is 3. The van der Waals surface area contributed by atoms with Gasteiger partial charge in [0.25, 0.3) is 0 Å². The Balaban J connectivity index is 1.03.